The van der Waals surface area contributed by atoms with Gasteiger partial charge in [0.15, 0.2) is 5.65 Å². The first-order chi connectivity index (χ1) is 20.3. The Labute approximate surface area is 241 Å². The first kappa shape index (κ1) is 29.8. The van der Waals surface area contributed by atoms with Gasteiger partial charge in [0, 0.05) is 62.4 Å². The maximum absolute atomic E-state index is 13.9. The molecule has 5 rings (SSSR count). The lowest BCUT2D eigenvalue weighted by molar-refractivity contribution is -0.276. The third kappa shape index (κ3) is 7.59. The van der Waals surface area contributed by atoms with E-state index in [1.54, 1.807) is 0 Å². The Morgan fingerprint density at radius 1 is 0.977 bits per heavy atom. The van der Waals surface area contributed by atoms with Crippen LogP contribution in [0.15, 0.2) is 55.0 Å². The number of nitrogens with one attached hydrogen (secondary N) is 1. The van der Waals surface area contributed by atoms with Crippen molar-refractivity contribution in [1.29, 1.82) is 0 Å². The number of ether oxygens (including phenoxy) is 1. The summed E-state index contributed by atoms with van der Waals surface area (Å²) in [6.45, 7) is 2.97. The predicted molar refractivity (Wildman–Crippen MR) is 142 cm³/mol. The third-order valence-electron chi connectivity index (χ3n) is 6.56. The summed E-state index contributed by atoms with van der Waals surface area (Å²) in [6.07, 6.45) is -5.69. The summed E-state index contributed by atoms with van der Waals surface area (Å²) in [5.41, 5.74) is -0.112. The van der Waals surface area contributed by atoms with Gasteiger partial charge in [0.2, 0.25) is 5.88 Å². The SMILES string of the molecule is CN1CCN(Cc2ccc(NC(=O)c3cncc(C#Cc4cnc5ccc(OC(F)(F)F)nn45)c3)cc2C(F)(F)F)CC1. The van der Waals surface area contributed by atoms with Crippen molar-refractivity contribution in [3.05, 3.63) is 82.9 Å². The van der Waals surface area contributed by atoms with E-state index >= 15 is 0 Å². The zero-order valence-electron chi connectivity index (χ0n) is 22.5. The van der Waals surface area contributed by atoms with Crippen LogP contribution in [0.5, 0.6) is 5.88 Å². The molecule has 0 spiro atoms. The molecule has 1 aliphatic heterocycles. The van der Waals surface area contributed by atoms with Crippen LogP contribution < -0.4 is 10.1 Å². The fourth-order valence-corrected chi connectivity index (χ4v) is 4.39. The standard InChI is InChI=1S/C28H23F6N7O2/c1-39-8-10-40(11-9-39)17-19-3-4-21(13-23(19)27(29,30)31)37-26(42)20-12-18(14-35-15-20)2-5-22-16-36-24-6-7-25(38-41(22)24)43-28(32,33)34/h3-4,6-7,12-16H,8-11,17H2,1H3,(H,37,42). The molecule has 1 N–H and O–H groups in total. The molecule has 1 saturated heterocycles. The molecule has 15 heteroatoms. The number of piperazine rings is 1. The molecule has 9 nitrogen and oxygen atoms in total. The van der Waals surface area contributed by atoms with E-state index in [9.17, 15) is 31.1 Å². The van der Waals surface area contributed by atoms with Crippen molar-refractivity contribution in [2.45, 2.75) is 19.1 Å². The lowest BCUT2D eigenvalue weighted by atomic mass is 10.0. The Hall–Kier alpha value is -4.68. The predicted octanol–water partition coefficient (Wildman–Crippen LogP) is 4.44. The Bertz CT molecular complexity index is 1700. The largest absolute Gasteiger partial charge is 0.574 e. The fourth-order valence-electron chi connectivity index (χ4n) is 4.39. The molecule has 43 heavy (non-hydrogen) atoms. The van der Waals surface area contributed by atoms with Crippen molar-refractivity contribution < 1.29 is 35.9 Å². The van der Waals surface area contributed by atoms with Gasteiger partial charge < -0.3 is 15.0 Å². The molecule has 0 unspecified atom stereocenters. The van der Waals surface area contributed by atoms with Gasteiger partial charge in [-0.15, -0.1) is 18.3 Å². The van der Waals surface area contributed by atoms with Gasteiger partial charge in [-0.2, -0.15) is 13.2 Å². The summed E-state index contributed by atoms with van der Waals surface area (Å²) >= 11 is 0. The summed E-state index contributed by atoms with van der Waals surface area (Å²) in [7, 11) is 1.96. The summed E-state index contributed by atoms with van der Waals surface area (Å²) in [5.74, 6) is 4.02. The molecule has 4 heterocycles. The average molecular weight is 604 g/mol. The lowest BCUT2D eigenvalue weighted by Crippen LogP contribution is -2.44. The monoisotopic (exact) mass is 603 g/mol. The summed E-state index contributed by atoms with van der Waals surface area (Å²) in [6, 6.07) is 7.36. The van der Waals surface area contributed by atoms with Crippen molar-refractivity contribution in [2.24, 2.45) is 0 Å². The maximum Gasteiger partial charge on any atom is 0.574 e. The number of likely N-dealkylation sites (N-methyl/N-ethyl adjacent to an activating group) is 1. The molecule has 4 aromatic rings. The molecule has 3 aromatic heterocycles. The number of pyridine rings is 1. The number of anilines is 1. The number of alkyl halides is 6. The topological polar surface area (TPSA) is 87.9 Å². The number of benzene rings is 1. The van der Waals surface area contributed by atoms with Gasteiger partial charge in [-0.25, -0.2) is 9.50 Å². The van der Waals surface area contributed by atoms with Crippen molar-refractivity contribution in [2.75, 3.05) is 38.5 Å². The number of carbonyl (C=O) groups is 1. The van der Waals surface area contributed by atoms with E-state index in [4.69, 9.17) is 0 Å². The fraction of sp³-hybridized carbons (Fsp3) is 0.286. The van der Waals surface area contributed by atoms with E-state index in [-0.39, 0.29) is 40.3 Å². The number of imidazole rings is 1. The molecule has 1 aromatic carbocycles. The maximum atomic E-state index is 13.9. The Morgan fingerprint density at radius 2 is 1.74 bits per heavy atom. The highest BCUT2D eigenvalue weighted by atomic mass is 19.4. The number of amides is 1. The van der Waals surface area contributed by atoms with Crippen LogP contribution in [0.2, 0.25) is 0 Å². The number of halogens is 6. The molecule has 0 atom stereocenters. The minimum atomic E-state index is -4.93. The lowest BCUT2D eigenvalue weighted by Gasteiger charge is -2.33. The summed E-state index contributed by atoms with van der Waals surface area (Å²) in [4.78, 5) is 25.0. The quantitative estimate of drug-likeness (QED) is 0.267. The second-order valence-corrected chi connectivity index (χ2v) is 9.75. The Kier molecular flexibility index (Phi) is 8.25. The average Bonchev–Trinajstić information content (AvgIpc) is 3.34. The van der Waals surface area contributed by atoms with Crippen LogP contribution in [0.4, 0.5) is 32.0 Å². The number of carbonyl (C=O) groups excluding carboxylic acids is 1. The zero-order valence-corrected chi connectivity index (χ0v) is 22.5. The molecular formula is C28H23F6N7O2. The first-order valence-electron chi connectivity index (χ1n) is 12.8. The minimum Gasteiger partial charge on any atom is -0.386 e. The smallest absolute Gasteiger partial charge is 0.386 e. The molecule has 0 saturated carbocycles. The minimum absolute atomic E-state index is 0.0269. The van der Waals surface area contributed by atoms with E-state index in [1.807, 2.05) is 11.9 Å². The van der Waals surface area contributed by atoms with Crippen molar-refractivity contribution >= 4 is 17.2 Å². The second-order valence-electron chi connectivity index (χ2n) is 9.75. The summed E-state index contributed by atoms with van der Waals surface area (Å²) in [5, 5.41) is 6.21. The molecule has 1 fully saturated rings. The highest BCUT2D eigenvalue weighted by Crippen LogP contribution is 2.34. The van der Waals surface area contributed by atoms with Crippen LogP contribution in [0.3, 0.4) is 0 Å². The van der Waals surface area contributed by atoms with Crippen LogP contribution in [0.1, 0.15) is 32.7 Å². The molecule has 0 radical (unpaired) electrons. The van der Waals surface area contributed by atoms with Gasteiger partial charge in [-0.3, -0.25) is 14.7 Å². The molecule has 0 aliphatic carbocycles. The normalized spacial score (nSPS) is 14.8. The van der Waals surface area contributed by atoms with Gasteiger partial charge in [0.05, 0.1) is 17.3 Å². The Balaban J connectivity index is 1.32. The number of nitrogens with zero attached hydrogens (tertiary/aromatic N) is 6. The van der Waals surface area contributed by atoms with E-state index < -0.39 is 29.9 Å². The third-order valence-corrected chi connectivity index (χ3v) is 6.56. The molecular weight excluding hydrogens is 580 g/mol. The van der Waals surface area contributed by atoms with E-state index in [2.05, 4.69) is 41.9 Å². The van der Waals surface area contributed by atoms with Crippen LogP contribution in [0.25, 0.3) is 5.65 Å². The molecule has 1 aliphatic rings. The van der Waals surface area contributed by atoms with Gasteiger partial charge >= 0.3 is 12.5 Å². The van der Waals surface area contributed by atoms with Crippen LogP contribution in [0, 0.1) is 11.8 Å². The number of hydrogen-bond donors (Lipinski definition) is 1. The molecule has 224 valence electrons. The van der Waals surface area contributed by atoms with Crippen molar-refractivity contribution in [3.63, 3.8) is 0 Å². The van der Waals surface area contributed by atoms with Gasteiger partial charge in [-0.1, -0.05) is 12.0 Å². The number of aromatic nitrogens is 4. The van der Waals surface area contributed by atoms with Gasteiger partial charge in [0.25, 0.3) is 5.91 Å². The van der Waals surface area contributed by atoms with E-state index in [0.717, 1.165) is 29.7 Å². The highest BCUT2D eigenvalue weighted by molar-refractivity contribution is 6.04. The number of fused-ring (bicyclic) bond motifs is 1. The molecule has 1 amide bonds. The van der Waals surface area contributed by atoms with Crippen LogP contribution in [-0.2, 0) is 12.7 Å². The van der Waals surface area contributed by atoms with Gasteiger partial charge in [-0.05, 0) is 42.8 Å². The Morgan fingerprint density at radius 3 is 2.47 bits per heavy atom. The number of hydrogen-bond acceptors (Lipinski definition) is 7. The summed E-state index contributed by atoms with van der Waals surface area (Å²) < 4.78 is 84.3. The first-order valence-corrected chi connectivity index (χ1v) is 12.8. The zero-order chi connectivity index (χ0) is 30.8. The van der Waals surface area contributed by atoms with E-state index in [0.29, 0.717) is 13.1 Å². The van der Waals surface area contributed by atoms with Crippen molar-refractivity contribution in [1.82, 2.24) is 29.4 Å². The second kappa shape index (κ2) is 11.9. The van der Waals surface area contributed by atoms with Gasteiger partial charge in [0.1, 0.15) is 5.69 Å². The number of rotatable bonds is 5. The van der Waals surface area contributed by atoms with Crippen LogP contribution in [-0.4, -0.2) is 74.9 Å². The van der Waals surface area contributed by atoms with E-state index in [1.165, 1.54) is 42.9 Å². The van der Waals surface area contributed by atoms with Crippen LogP contribution >= 0.6 is 0 Å². The van der Waals surface area contributed by atoms with Crippen molar-refractivity contribution in [3.8, 4) is 17.7 Å². The highest BCUT2D eigenvalue weighted by Gasteiger charge is 2.34. The molecule has 0 bridgehead atoms.